The number of anilines is 1. The molecule has 2 aromatic rings. The predicted molar refractivity (Wildman–Crippen MR) is 73.0 cm³/mol. The van der Waals surface area contributed by atoms with Crippen LogP contribution in [0.2, 0.25) is 0 Å². The van der Waals surface area contributed by atoms with Crippen LogP contribution in [-0.4, -0.2) is 21.0 Å². The average Bonchev–Trinajstić information content (AvgIpc) is 3.12. The minimum absolute atomic E-state index is 0.415. The lowest BCUT2D eigenvalue weighted by atomic mass is 10.1. The van der Waals surface area contributed by atoms with Crippen molar-refractivity contribution in [3.05, 3.63) is 34.0 Å². The molecular weight excluding hydrogens is 258 g/mol. The summed E-state index contributed by atoms with van der Waals surface area (Å²) in [7, 11) is 0. The first-order valence-electron chi connectivity index (χ1n) is 6.17. The van der Waals surface area contributed by atoms with Crippen LogP contribution in [0.1, 0.15) is 35.2 Å². The lowest BCUT2D eigenvalue weighted by molar-refractivity contribution is 0.916. The molecule has 0 aromatic carbocycles. The first-order chi connectivity index (χ1) is 9.26. The Balaban J connectivity index is 1.88. The largest absolute Gasteiger partial charge is 0.351 e. The number of nitriles is 1. The molecule has 0 radical (unpaired) electrons. The van der Waals surface area contributed by atoms with E-state index in [-0.39, 0.29) is 0 Å². The molecule has 1 N–H and O–H groups in total. The zero-order chi connectivity index (χ0) is 13.2. The monoisotopic (exact) mass is 271 g/mol. The van der Waals surface area contributed by atoms with Gasteiger partial charge in [0.05, 0.1) is 11.8 Å². The molecule has 3 rings (SSSR count). The first-order valence-corrected chi connectivity index (χ1v) is 7.05. The highest BCUT2D eigenvalue weighted by Crippen LogP contribution is 2.27. The summed E-state index contributed by atoms with van der Waals surface area (Å²) in [4.78, 5) is 13.0. The normalized spacial score (nSPS) is 15.8. The zero-order valence-corrected chi connectivity index (χ0v) is 11.3. The van der Waals surface area contributed by atoms with Crippen molar-refractivity contribution < 1.29 is 0 Å². The molecule has 2 heterocycles. The molecule has 1 saturated carbocycles. The molecule has 0 spiro atoms. The molecule has 0 saturated heterocycles. The van der Waals surface area contributed by atoms with Crippen molar-refractivity contribution in [2.75, 3.05) is 5.32 Å². The molecule has 0 bridgehead atoms. The number of nitrogens with zero attached hydrogens (tertiary/aromatic N) is 4. The predicted octanol–water partition coefficient (Wildman–Crippen LogP) is 2.47. The van der Waals surface area contributed by atoms with E-state index in [4.69, 9.17) is 0 Å². The second kappa shape index (κ2) is 4.94. The average molecular weight is 271 g/mol. The van der Waals surface area contributed by atoms with Gasteiger partial charge < -0.3 is 5.32 Å². The summed E-state index contributed by atoms with van der Waals surface area (Å²) < 4.78 is 0. The Hall–Kier alpha value is -2.00. The third-order valence-electron chi connectivity index (χ3n) is 2.90. The van der Waals surface area contributed by atoms with Crippen molar-refractivity contribution in [3.63, 3.8) is 0 Å². The molecule has 1 aliphatic carbocycles. The van der Waals surface area contributed by atoms with Crippen molar-refractivity contribution in [1.82, 2.24) is 15.0 Å². The SMILES string of the molecule is Cc1csc(C(C#N)c2ccnc(NC3CC3)n2)n1. The van der Waals surface area contributed by atoms with E-state index >= 15 is 0 Å². The summed E-state index contributed by atoms with van der Waals surface area (Å²) in [5, 5.41) is 15.3. The van der Waals surface area contributed by atoms with Crippen LogP contribution in [-0.2, 0) is 0 Å². The molecule has 0 aliphatic heterocycles. The van der Waals surface area contributed by atoms with Crippen molar-refractivity contribution in [2.24, 2.45) is 0 Å². The van der Waals surface area contributed by atoms with Gasteiger partial charge in [0.25, 0.3) is 0 Å². The number of hydrogen-bond donors (Lipinski definition) is 1. The lowest BCUT2D eigenvalue weighted by Gasteiger charge is -2.07. The van der Waals surface area contributed by atoms with Crippen molar-refractivity contribution in [2.45, 2.75) is 31.7 Å². The van der Waals surface area contributed by atoms with E-state index in [1.807, 2.05) is 12.3 Å². The number of thiazole rings is 1. The topological polar surface area (TPSA) is 74.5 Å². The van der Waals surface area contributed by atoms with Gasteiger partial charge in [-0.2, -0.15) is 5.26 Å². The van der Waals surface area contributed by atoms with E-state index in [0.717, 1.165) is 10.7 Å². The lowest BCUT2D eigenvalue weighted by Crippen LogP contribution is -2.08. The van der Waals surface area contributed by atoms with Gasteiger partial charge >= 0.3 is 0 Å². The fraction of sp³-hybridized carbons (Fsp3) is 0.385. The summed E-state index contributed by atoms with van der Waals surface area (Å²) in [5.74, 6) is 0.190. The molecule has 5 nitrogen and oxygen atoms in total. The van der Waals surface area contributed by atoms with E-state index in [1.54, 1.807) is 12.3 Å². The Morgan fingerprint density at radius 2 is 2.32 bits per heavy atom. The maximum absolute atomic E-state index is 9.36. The van der Waals surface area contributed by atoms with Crippen LogP contribution in [0, 0.1) is 18.3 Å². The minimum atomic E-state index is -0.415. The second-order valence-electron chi connectivity index (χ2n) is 4.61. The van der Waals surface area contributed by atoms with Crippen LogP contribution in [0.5, 0.6) is 0 Å². The maximum atomic E-state index is 9.36. The third kappa shape index (κ3) is 2.71. The van der Waals surface area contributed by atoms with Gasteiger partial charge in [0.15, 0.2) is 0 Å². The van der Waals surface area contributed by atoms with Gasteiger partial charge in [-0.05, 0) is 25.8 Å². The van der Waals surface area contributed by atoms with E-state index in [2.05, 4.69) is 26.3 Å². The first kappa shape index (κ1) is 12.1. The quantitative estimate of drug-likeness (QED) is 0.924. The number of hydrogen-bond acceptors (Lipinski definition) is 6. The number of aryl methyl sites for hydroxylation is 1. The van der Waals surface area contributed by atoms with Crippen LogP contribution < -0.4 is 5.32 Å². The van der Waals surface area contributed by atoms with Crippen molar-refractivity contribution >= 4 is 17.3 Å². The Kier molecular flexibility index (Phi) is 3.13. The Morgan fingerprint density at radius 1 is 1.47 bits per heavy atom. The number of nitrogens with one attached hydrogen (secondary N) is 1. The fourth-order valence-electron chi connectivity index (χ4n) is 1.77. The van der Waals surface area contributed by atoms with Crippen LogP contribution >= 0.6 is 11.3 Å². The van der Waals surface area contributed by atoms with Crippen molar-refractivity contribution in [3.8, 4) is 6.07 Å². The molecule has 1 atom stereocenters. The maximum Gasteiger partial charge on any atom is 0.223 e. The fourth-order valence-corrected chi connectivity index (χ4v) is 2.62. The van der Waals surface area contributed by atoms with E-state index in [0.29, 0.717) is 17.7 Å². The molecule has 6 heteroatoms. The zero-order valence-electron chi connectivity index (χ0n) is 10.5. The van der Waals surface area contributed by atoms with Crippen LogP contribution in [0.25, 0.3) is 0 Å². The molecule has 19 heavy (non-hydrogen) atoms. The summed E-state index contributed by atoms with van der Waals surface area (Å²) in [5.41, 5.74) is 1.64. The highest BCUT2D eigenvalue weighted by Gasteiger charge is 2.23. The second-order valence-corrected chi connectivity index (χ2v) is 5.50. The Labute approximate surface area is 115 Å². The smallest absolute Gasteiger partial charge is 0.223 e. The summed E-state index contributed by atoms with van der Waals surface area (Å²) in [6, 6.07) is 4.55. The summed E-state index contributed by atoms with van der Waals surface area (Å²) in [6.07, 6.45) is 4.03. The van der Waals surface area contributed by atoms with Gasteiger partial charge in [-0.3, -0.25) is 0 Å². The van der Waals surface area contributed by atoms with E-state index in [1.165, 1.54) is 24.2 Å². The highest BCUT2D eigenvalue weighted by molar-refractivity contribution is 7.09. The van der Waals surface area contributed by atoms with Gasteiger partial charge in [-0.15, -0.1) is 11.3 Å². The number of aromatic nitrogens is 3. The molecule has 96 valence electrons. The Bertz CT molecular complexity index is 626. The van der Waals surface area contributed by atoms with Crippen molar-refractivity contribution in [1.29, 1.82) is 5.26 Å². The van der Waals surface area contributed by atoms with Gasteiger partial charge in [-0.1, -0.05) is 0 Å². The van der Waals surface area contributed by atoms with Gasteiger partial charge in [0, 0.05) is 23.3 Å². The van der Waals surface area contributed by atoms with Crippen LogP contribution in [0.15, 0.2) is 17.6 Å². The molecule has 2 aromatic heterocycles. The molecule has 1 unspecified atom stereocenters. The summed E-state index contributed by atoms with van der Waals surface area (Å²) >= 11 is 1.49. The minimum Gasteiger partial charge on any atom is -0.351 e. The number of rotatable bonds is 4. The van der Waals surface area contributed by atoms with Crippen LogP contribution in [0.4, 0.5) is 5.95 Å². The van der Waals surface area contributed by atoms with E-state index in [9.17, 15) is 5.26 Å². The third-order valence-corrected chi connectivity index (χ3v) is 3.92. The Morgan fingerprint density at radius 3 is 2.95 bits per heavy atom. The van der Waals surface area contributed by atoms with Gasteiger partial charge in [-0.25, -0.2) is 15.0 Å². The highest BCUT2D eigenvalue weighted by atomic mass is 32.1. The van der Waals surface area contributed by atoms with Gasteiger partial charge in [0.2, 0.25) is 5.95 Å². The molecular formula is C13H13N5S. The molecule has 1 fully saturated rings. The molecule has 1 aliphatic rings. The van der Waals surface area contributed by atoms with Gasteiger partial charge in [0.1, 0.15) is 10.9 Å². The van der Waals surface area contributed by atoms with Crippen LogP contribution in [0.3, 0.4) is 0 Å². The summed E-state index contributed by atoms with van der Waals surface area (Å²) in [6.45, 7) is 1.93. The molecule has 0 amide bonds. The standard InChI is InChI=1S/C13H13N5S/c1-8-7-19-12(16-8)10(6-14)11-4-5-15-13(18-11)17-9-2-3-9/h4-5,7,9-10H,2-3H2,1H3,(H,15,17,18). The van der Waals surface area contributed by atoms with E-state index < -0.39 is 5.92 Å².